The van der Waals surface area contributed by atoms with E-state index in [1.165, 1.54) is 6.26 Å². The number of hydrogen-bond acceptors (Lipinski definition) is 4. The van der Waals surface area contributed by atoms with Crippen molar-refractivity contribution in [1.82, 2.24) is 9.88 Å². The van der Waals surface area contributed by atoms with E-state index in [2.05, 4.69) is 4.98 Å². The maximum absolute atomic E-state index is 12.3. The van der Waals surface area contributed by atoms with E-state index in [-0.39, 0.29) is 24.3 Å². The molecular formula is C15H16N2O3. The first-order valence-electron chi connectivity index (χ1n) is 6.64. The summed E-state index contributed by atoms with van der Waals surface area (Å²) in [5.41, 5.74) is 0.918. The van der Waals surface area contributed by atoms with E-state index in [9.17, 15) is 9.90 Å². The van der Waals surface area contributed by atoms with Crippen LogP contribution < -0.4 is 0 Å². The van der Waals surface area contributed by atoms with Gasteiger partial charge in [0.05, 0.1) is 6.26 Å². The first kappa shape index (κ1) is 12.9. The molecule has 2 aromatic rings. The van der Waals surface area contributed by atoms with Crippen LogP contribution in [-0.2, 0) is 0 Å². The number of aromatic nitrogens is 1. The van der Waals surface area contributed by atoms with Crippen molar-refractivity contribution in [2.45, 2.75) is 5.92 Å². The second-order valence-corrected chi connectivity index (χ2v) is 4.99. The summed E-state index contributed by atoms with van der Waals surface area (Å²) in [5, 5.41) is 9.54. The Morgan fingerprint density at radius 2 is 2.25 bits per heavy atom. The predicted octanol–water partition coefficient (Wildman–Crippen LogP) is 1.52. The summed E-state index contributed by atoms with van der Waals surface area (Å²) in [7, 11) is 0. The number of amides is 1. The van der Waals surface area contributed by atoms with Crippen LogP contribution in [0.1, 0.15) is 22.2 Å². The molecule has 0 aromatic carbocycles. The number of aliphatic hydroxyl groups excluding tert-OH is 1. The lowest BCUT2D eigenvalue weighted by Gasteiger charge is -2.14. The molecule has 1 aliphatic rings. The molecule has 3 heterocycles. The zero-order valence-corrected chi connectivity index (χ0v) is 11.0. The first-order valence-corrected chi connectivity index (χ1v) is 6.64. The Labute approximate surface area is 116 Å². The third-order valence-corrected chi connectivity index (χ3v) is 3.76. The number of nitrogens with zero attached hydrogens (tertiary/aromatic N) is 2. The highest BCUT2D eigenvalue weighted by Crippen LogP contribution is 2.32. The minimum Gasteiger partial charge on any atom is -0.459 e. The number of carbonyl (C=O) groups excluding carboxylic acids is 1. The Hall–Kier alpha value is -2.14. The van der Waals surface area contributed by atoms with Crippen molar-refractivity contribution >= 4 is 5.91 Å². The summed E-state index contributed by atoms with van der Waals surface area (Å²) < 4.78 is 5.15. The highest BCUT2D eigenvalue weighted by Gasteiger charge is 2.37. The second kappa shape index (κ2) is 5.46. The number of rotatable bonds is 3. The summed E-state index contributed by atoms with van der Waals surface area (Å²) in [4.78, 5) is 18.3. The van der Waals surface area contributed by atoms with Gasteiger partial charge in [0.25, 0.3) is 5.91 Å². The van der Waals surface area contributed by atoms with Crippen LogP contribution in [0.5, 0.6) is 0 Å². The van der Waals surface area contributed by atoms with Crippen LogP contribution in [0.2, 0.25) is 0 Å². The number of furan rings is 1. The fourth-order valence-corrected chi connectivity index (χ4v) is 2.71. The minimum atomic E-state index is -0.133. The normalized spacial score (nSPS) is 22.1. The molecule has 0 saturated carbocycles. The molecule has 0 unspecified atom stereocenters. The van der Waals surface area contributed by atoms with Crippen LogP contribution in [0, 0.1) is 5.92 Å². The molecule has 0 bridgehead atoms. The van der Waals surface area contributed by atoms with E-state index in [1.807, 2.05) is 18.2 Å². The molecule has 0 spiro atoms. The molecule has 20 heavy (non-hydrogen) atoms. The third kappa shape index (κ3) is 2.32. The zero-order valence-electron chi connectivity index (χ0n) is 11.0. The number of carbonyl (C=O) groups is 1. The van der Waals surface area contributed by atoms with Crippen LogP contribution in [0.3, 0.4) is 0 Å². The summed E-state index contributed by atoms with van der Waals surface area (Å²) >= 11 is 0. The fourth-order valence-electron chi connectivity index (χ4n) is 2.71. The van der Waals surface area contributed by atoms with Crippen molar-refractivity contribution in [3.8, 4) is 0 Å². The van der Waals surface area contributed by atoms with Crippen LogP contribution in [0.25, 0.3) is 0 Å². The topological polar surface area (TPSA) is 66.6 Å². The maximum Gasteiger partial charge on any atom is 0.289 e. The molecule has 1 N–H and O–H groups in total. The second-order valence-electron chi connectivity index (χ2n) is 4.99. The van der Waals surface area contributed by atoms with E-state index >= 15 is 0 Å². The number of pyridine rings is 1. The molecule has 2 atom stereocenters. The predicted molar refractivity (Wildman–Crippen MR) is 72.2 cm³/mol. The van der Waals surface area contributed by atoms with Crippen LogP contribution >= 0.6 is 0 Å². The highest BCUT2D eigenvalue weighted by atomic mass is 16.3. The van der Waals surface area contributed by atoms with Crippen LogP contribution in [0.4, 0.5) is 0 Å². The van der Waals surface area contributed by atoms with Gasteiger partial charge in [-0.15, -0.1) is 0 Å². The minimum absolute atomic E-state index is 0.0174. The Kier molecular flexibility index (Phi) is 3.52. The highest BCUT2D eigenvalue weighted by molar-refractivity contribution is 5.91. The van der Waals surface area contributed by atoms with Gasteiger partial charge in [-0.05, 0) is 24.3 Å². The lowest BCUT2D eigenvalue weighted by molar-refractivity contribution is 0.0749. The number of likely N-dealkylation sites (tertiary alicyclic amines) is 1. The van der Waals surface area contributed by atoms with E-state index < -0.39 is 0 Å². The van der Waals surface area contributed by atoms with Gasteiger partial charge in [-0.3, -0.25) is 9.78 Å². The average Bonchev–Trinajstić information content (AvgIpc) is 3.17. The van der Waals surface area contributed by atoms with Gasteiger partial charge in [-0.2, -0.15) is 0 Å². The van der Waals surface area contributed by atoms with Gasteiger partial charge in [0.2, 0.25) is 0 Å². The Bertz CT molecular complexity index is 568. The summed E-state index contributed by atoms with van der Waals surface area (Å²) in [6.07, 6.45) is 3.23. The maximum atomic E-state index is 12.3. The third-order valence-electron chi connectivity index (χ3n) is 3.76. The Balaban J connectivity index is 1.80. The molecule has 3 rings (SSSR count). The Morgan fingerprint density at radius 3 is 2.90 bits per heavy atom. The largest absolute Gasteiger partial charge is 0.459 e. The molecule has 1 aliphatic heterocycles. The molecule has 2 aromatic heterocycles. The van der Waals surface area contributed by atoms with E-state index in [0.29, 0.717) is 18.8 Å². The molecule has 1 amide bonds. The van der Waals surface area contributed by atoms with Crippen molar-refractivity contribution in [1.29, 1.82) is 0 Å². The van der Waals surface area contributed by atoms with Gasteiger partial charge in [0, 0.05) is 43.4 Å². The van der Waals surface area contributed by atoms with Gasteiger partial charge in [0.15, 0.2) is 5.76 Å². The van der Waals surface area contributed by atoms with Gasteiger partial charge in [-0.25, -0.2) is 0 Å². The van der Waals surface area contributed by atoms with Gasteiger partial charge in [-0.1, -0.05) is 6.07 Å². The van der Waals surface area contributed by atoms with Crippen molar-refractivity contribution in [3.05, 3.63) is 54.2 Å². The standard InChI is InChI=1S/C15H16N2O3/c18-10-11-8-17(15(19)14-5-3-7-20-14)9-12(11)13-4-1-2-6-16-13/h1-7,11-12,18H,8-10H2/t11-,12+/m0/s1. The fraction of sp³-hybridized carbons (Fsp3) is 0.333. The molecule has 5 heteroatoms. The molecular weight excluding hydrogens is 256 g/mol. The van der Waals surface area contributed by atoms with Crippen molar-refractivity contribution in [2.75, 3.05) is 19.7 Å². The van der Waals surface area contributed by atoms with Gasteiger partial charge < -0.3 is 14.4 Å². The van der Waals surface area contributed by atoms with Gasteiger partial charge in [0.1, 0.15) is 0 Å². The number of hydrogen-bond donors (Lipinski definition) is 1. The van der Waals surface area contributed by atoms with Crippen LogP contribution in [0.15, 0.2) is 47.2 Å². The molecule has 5 nitrogen and oxygen atoms in total. The molecule has 0 aliphatic carbocycles. The smallest absolute Gasteiger partial charge is 0.289 e. The first-order chi connectivity index (χ1) is 9.79. The van der Waals surface area contributed by atoms with E-state index in [1.54, 1.807) is 23.2 Å². The SMILES string of the molecule is O=C(c1ccco1)N1C[C@@H](CO)[C@H](c2ccccn2)C1. The van der Waals surface area contributed by atoms with E-state index in [0.717, 1.165) is 5.69 Å². The average molecular weight is 272 g/mol. The summed E-state index contributed by atoms with van der Waals surface area (Å²) in [5.74, 6) is 0.291. The molecule has 1 saturated heterocycles. The van der Waals surface area contributed by atoms with Crippen molar-refractivity contribution in [3.63, 3.8) is 0 Å². The zero-order chi connectivity index (χ0) is 13.9. The van der Waals surface area contributed by atoms with Crippen molar-refractivity contribution < 1.29 is 14.3 Å². The lowest BCUT2D eigenvalue weighted by Crippen LogP contribution is -2.28. The van der Waals surface area contributed by atoms with E-state index in [4.69, 9.17) is 4.42 Å². The molecule has 0 radical (unpaired) electrons. The quantitative estimate of drug-likeness (QED) is 0.920. The van der Waals surface area contributed by atoms with Crippen molar-refractivity contribution in [2.24, 2.45) is 5.92 Å². The molecule has 104 valence electrons. The monoisotopic (exact) mass is 272 g/mol. The lowest BCUT2D eigenvalue weighted by atomic mass is 9.93. The summed E-state index contributed by atoms with van der Waals surface area (Å²) in [6.45, 7) is 1.13. The Morgan fingerprint density at radius 1 is 1.35 bits per heavy atom. The number of aliphatic hydroxyl groups is 1. The van der Waals surface area contributed by atoms with Gasteiger partial charge >= 0.3 is 0 Å². The van der Waals surface area contributed by atoms with Crippen LogP contribution in [-0.4, -0.2) is 40.6 Å². The summed E-state index contributed by atoms with van der Waals surface area (Å²) in [6, 6.07) is 9.08. The molecule has 1 fully saturated rings.